The summed E-state index contributed by atoms with van der Waals surface area (Å²) in [5.41, 5.74) is 1.44. The average Bonchev–Trinajstić information content (AvgIpc) is 3.10. The van der Waals surface area contributed by atoms with Crippen molar-refractivity contribution >= 4 is 11.3 Å². The van der Waals surface area contributed by atoms with E-state index in [2.05, 4.69) is 9.84 Å². The van der Waals surface area contributed by atoms with Crippen LogP contribution in [-0.2, 0) is 12.6 Å². The molecular formula is C17H14F4N2O. The van der Waals surface area contributed by atoms with Gasteiger partial charge in [-0.05, 0) is 36.5 Å². The normalized spacial score (nSPS) is 16.5. The zero-order chi connectivity index (χ0) is 17.1. The standard InChI is InChI=1S/C17H14F4N2O/c1-24-16-14(17(19,20)21)15(18)23(22-16)12-8-7-10-6-5-9-3-2-4-11(12)13(9)10/h2-4H,5-8H2,1H3. The molecule has 0 aliphatic heterocycles. The Morgan fingerprint density at radius 2 is 1.88 bits per heavy atom. The van der Waals surface area contributed by atoms with Gasteiger partial charge in [-0.15, -0.1) is 5.10 Å². The number of ether oxygens (including phenoxy) is 1. The Kier molecular flexibility index (Phi) is 3.23. The fourth-order valence-corrected chi connectivity index (χ4v) is 3.69. The van der Waals surface area contributed by atoms with E-state index < -0.39 is 23.6 Å². The molecule has 0 bridgehead atoms. The molecule has 126 valence electrons. The summed E-state index contributed by atoms with van der Waals surface area (Å²) in [6.45, 7) is 0. The first-order valence-corrected chi connectivity index (χ1v) is 7.65. The molecule has 2 aliphatic carbocycles. The molecule has 0 saturated carbocycles. The van der Waals surface area contributed by atoms with Crippen LogP contribution in [-0.4, -0.2) is 16.9 Å². The number of alkyl halides is 3. The van der Waals surface area contributed by atoms with Gasteiger partial charge in [0.2, 0.25) is 11.8 Å². The number of rotatable bonds is 2. The van der Waals surface area contributed by atoms with Crippen molar-refractivity contribution in [2.75, 3.05) is 7.11 Å². The van der Waals surface area contributed by atoms with Gasteiger partial charge in [0, 0.05) is 5.22 Å². The Balaban J connectivity index is 2.04. The molecule has 0 spiro atoms. The summed E-state index contributed by atoms with van der Waals surface area (Å²) in [6.07, 6.45) is -1.82. The average molecular weight is 338 g/mol. The molecule has 1 aromatic heterocycles. The molecular weight excluding hydrogens is 324 g/mol. The highest BCUT2D eigenvalue weighted by atomic mass is 19.4. The SMILES string of the molecule is COc1nn(C2=c3cccc4c3=C(CC2)CC4)c(F)c1C(F)(F)F. The van der Waals surface area contributed by atoms with Crippen LogP contribution in [0.2, 0.25) is 0 Å². The zero-order valence-electron chi connectivity index (χ0n) is 12.9. The van der Waals surface area contributed by atoms with Crippen LogP contribution in [0.5, 0.6) is 5.88 Å². The van der Waals surface area contributed by atoms with Crippen LogP contribution in [0.15, 0.2) is 18.2 Å². The van der Waals surface area contributed by atoms with Crippen molar-refractivity contribution in [2.24, 2.45) is 0 Å². The quantitative estimate of drug-likeness (QED) is 0.787. The van der Waals surface area contributed by atoms with Crippen LogP contribution >= 0.6 is 0 Å². The van der Waals surface area contributed by atoms with Gasteiger partial charge in [-0.2, -0.15) is 17.6 Å². The van der Waals surface area contributed by atoms with Crippen molar-refractivity contribution in [3.8, 4) is 5.88 Å². The maximum atomic E-state index is 14.5. The molecule has 2 aliphatic rings. The first kappa shape index (κ1) is 15.2. The maximum absolute atomic E-state index is 14.5. The van der Waals surface area contributed by atoms with E-state index in [0.29, 0.717) is 18.5 Å². The Bertz CT molecular complexity index is 956. The molecule has 2 aromatic rings. The van der Waals surface area contributed by atoms with E-state index in [9.17, 15) is 17.6 Å². The second kappa shape index (κ2) is 5.09. The third-order valence-electron chi connectivity index (χ3n) is 4.70. The molecule has 0 saturated heterocycles. The molecule has 0 fully saturated rings. The van der Waals surface area contributed by atoms with E-state index in [1.807, 2.05) is 18.2 Å². The second-order valence-corrected chi connectivity index (χ2v) is 5.97. The number of aryl methyl sites for hydroxylation is 1. The van der Waals surface area contributed by atoms with Gasteiger partial charge in [0.15, 0.2) is 5.56 Å². The lowest BCUT2D eigenvalue weighted by atomic mass is 9.98. The molecule has 1 heterocycles. The van der Waals surface area contributed by atoms with Gasteiger partial charge in [-0.3, -0.25) is 0 Å². The van der Waals surface area contributed by atoms with E-state index >= 15 is 0 Å². The van der Waals surface area contributed by atoms with E-state index in [1.54, 1.807) is 0 Å². The van der Waals surface area contributed by atoms with Crippen LogP contribution in [0.1, 0.15) is 30.4 Å². The van der Waals surface area contributed by atoms with Gasteiger partial charge in [-0.1, -0.05) is 23.8 Å². The first-order chi connectivity index (χ1) is 11.4. The van der Waals surface area contributed by atoms with Crippen LogP contribution in [0, 0.1) is 5.95 Å². The van der Waals surface area contributed by atoms with Crippen molar-refractivity contribution in [3.63, 3.8) is 0 Å². The van der Waals surface area contributed by atoms with Gasteiger partial charge in [0.1, 0.15) is 0 Å². The number of hydrogen-bond donors (Lipinski definition) is 0. The topological polar surface area (TPSA) is 27.1 Å². The minimum absolute atomic E-state index is 0.448. The van der Waals surface area contributed by atoms with Gasteiger partial charge >= 0.3 is 6.18 Å². The molecule has 0 amide bonds. The highest BCUT2D eigenvalue weighted by Gasteiger charge is 2.42. The second-order valence-electron chi connectivity index (χ2n) is 5.97. The number of hydrogen-bond acceptors (Lipinski definition) is 2. The van der Waals surface area contributed by atoms with Crippen molar-refractivity contribution in [2.45, 2.75) is 31.9 Å². The number of methoxy groups -OCH3 is 1. The minimum atomic E-state index is -4.86. The van der Waals surface area contributed by atoms with Gasteiger partial charge in [0.25, 0.3) is 0 Å². The molecule has 0 radical (unpaired) electrons. The monoisotopic (exact) mass is 338 g/mol. The molecule has 24 heavy (non-hydrogen) atoms. The van der Waals surface area contributed by atoms with Gasteiger partial charge in [0.05, 0.1) is 12.8 Å². The van der Waals surface area contributed by atoms with Crippen LogP contribution in [0.4, 0.5) is 17.6 Å². The number of halogens is 4. The zero-order valence-corrected chi connectivity index (χ0v) is 12.9. The highest BCUT2D eigenvalue weighted by Crippen LogP contribution is 2.38. The summed E-state index contributed by atoms with van der Waals surface area (Å²) in [7, 11) is 1.05. The fraction of sp³-hybridized carbons (Fsp3) is 0.353. The summed E-state index contributed by atoms with van der Waals surface area (Å²) in [5.74, 6) is -2.16. The van der Waals surface area contributed by atoms with Gasteiger partial charge < -0.3 is 4.74 Å². The lowest BCUT2D eigenvalue weighted by molar-refractivity contribution is -0.141. The lowest BCUT2D eigenvalue weighted by Crippen LogP contribution is -2.35. The van der Waals surface area contributed by atoms with E-state index in [1.165, 1.54) is 5.57 Å². The highest BCUT2D eigenvalue weighted by molar-refractivity contribution is 5.62. The summed E-state index contributed by atoms with van der Waals surface area (Å²) < 4.78 is 59.3. The molecule has 0 unspecified atom stereocenters. The Morgan fingerprint density at radius 1 is 1.12 bits per heavy atom. The fourth-order valence-electron chi connectivity index (χ4n) is 3.69. The Hall–Kier alpha value is -2.31. The maximum Gasteiger partial charge on any atom is 0.426 e. The largest absolute Gasteiger partial charge is 0.479 e. The van der Waals surface area contributed by atoms with Crippen molar-refractivity contribution < 1.29 is 22.3 Å². The van der Waals surface area contributed by atoms with Crippen molar-refractivity contribution in [1.29, 1.82) is 0 Å². The molecule has 0 atom stereocenters. The molecule has 7 heteroatoms. The number of nitrogens with zero attached hydrogens (tertiary/aromatic N) is 2. The summed E-state index contributed by atoms with van der Waals surface area (Å²) in [6, 6.07) is 5.68. The van der Waals surface area contributed by atoms with Gasteiger partial charge in [-0.25, -0.2) is 4.68 Å². The molecule has 0 N–H and O–H groups in total. The third kappa shape index (κ3) is 2.07. The lowest BCUT2D eigenvalue weighted by Gasteiger charge is -2.14. The summed E-state index contributed by atoms with van der Waals surface area (Å²) >= 11 is 0. The Labute approximate surface area is 134 Å². The van der Waals surface area contributed by atoms with Crippen molar-refractivity contribution in [3.05, 3.63) is 45.7 Å². The van der Waals surface area contributed by atoms with Crippen LogP contribution < -0.4 is 15.2 Å². The van der Waals surface area contributed by atoms with E-state index in [0.717, 1.165) is 40.6 Å². The third-order valence-corrected chi connectivity index (χ3v) is 4.70. The predicted molar refractivity (Wildman–Crippen MR) is 79.2 cm³/mol. The number of aromatic nitrogens is 2. The number of benzene rings is 1. The smallest absolute Gasteiger partial charge is 0.426 e. The van der Waals surface area contributed by atoms with Crippen molar-refractivity contribution in [1.82, 2.24) is 9.78 Å². The minimum Gasteiger partial charge on any atom is -0.479 e. The van der Waals surface area contributed by atoms with Crippen LogP contribution in [0.25, 0.3) is 11.3 Å². The molecule has 3 nitrogen and oxygen atoms in total. The molecule has 1 aromatic carbocycles. The summed E-state index contributed by atoms with van der Waals surface area (Å²) in [5, 5.41) is 5.57. The van der Waals surface area contributed by atoms with Crippen LogP contribution in [0.3, 0.4) is 0 Å². The van der Waals surface area contributed by atoms with E-state index in [-0.39, 0.29) is 0 Å². The predicted octanol–water partition coefficient (Wildman–Crippen LogP) is 2.60. The first-order valence-electron chi connectivity index (χ1n) is 7.65. The summed E-state index contributed by atoms with van der Waals surface area (Å²) in [4.78, 5) is 0. The van der Waals surface area contributed by atoms with E-state index in [4.69, 9.17) is 0 Å². The Morgan fingerprint density at radius 3 is 2.54 bits per heavy atom. The molecule has 4 rings (SSSR count).